The molecule has 0 radical (unpaired) electrons. The molecule has 2 N–H and O–H groups in total. The average molecular weight is 310 g/mol. The average Bonchev–Trinajstić information content (AvgIpc) is 3.01. The predicted octanol–water partition coefficient (Wildman–Crippen LogP) is 2.55. The molecule has 4 rings (SSSR count). The molecule has 0 fully saturated rings. The largest absolute Gasteiger partial charge is 0.454 e. The van der Waals surface area contributed by atoms with Gasteiger partial charge in [0, 0.05) is 19.0 Å². The third-order valence-corrected chi connectivity index (χ3v) is 4.36. The van der Waals surface area contributed by atoms with Gasteiger partial charge in [-0.25, -0.2) is 4.79 Å². The molecule has 0 aromatic heterocycles. The number of fused-ring (bicyclic) bond motifs is 2. The molecular formula is C18H18N2O3. The predicted molar refractivity (Wildman–Crippen MR) is 85.7 cm³/mol. The Labute approximate surface area is 134 Å². The van der Waals surface area contributed by atoms with E-state index in [2.05, 4.69) is 28.8 Å². The van der Waals surface area contributed by atoms with Crippen molar-refractivity contribution < 1.29 is 14.3 Å². The normalized spacial score (nSPS) is 17.1. The van der Waals surface area contributed by atoms with E-state index in [1.54, 1.807) is 0 Å². The first-order valence-corrected chi connectivity index (χ1v) is 7.77. The van der Waals surface area contributed by atoms with Crippen molar-refractivity contribution in [2.45, 2.75) is 18.9 Å². The Balaban J connectivity index is 1.25. The fourth-order valence-electron chi connectivity index (χ4n) is 3.06. The van der Waals surface area contributed by atoms with Crippen molar-refractivity contribution in [2.75, 3.05) is 13.3 Å². The summed E-state index contributed by atoms with van der Waals surface area (Å²) >= 11 is 0. The Morgan fingerprint density at radius 3 is 2.87 bits per heavy atom. The number of carbonyl (C=O) groups excluding carboxylic acids is 1. The first kappa shape index (κ1) is 13.9. The van der Waals surface area contributed by atoms with Gasteiger partial charge >= 0.3 is 6.03 Å². The summed E-state index contributed by atoms with van der Waals surface area (Å²) in [5, 5.41) is 5.81. The van der Waals surface area contributed by atoms with E-state index in [1.807, 2.05) is 24.3 Å². The molecular weight excluding hydrogens is 292 g/mol. The summed E-state index contributed by atoms with van der Waals surface area (Å²) in [6.07, 6.45) is 1.04. The van der Waals surface area contributed by atoms with Gasteiger partial charge in [0.15, 0.2) is 11.5 Å². The van der Waals surface area contributed by atoms with Crippen LogP contribution < -0.4 is 20.1 Å². The second-order valence-electron chi connectivity index (χ2n) is 5.85. The second-order valence-corrected chi connectivity index (χ2v) is 5.85. The topological polar surface area (TPSA) is 59.6 Å². The van der Waals surface area contributed by atoms with Gasteiger partial charge in [-0.15, -0.1) is 0 Å². The van der Waals surface area contributed by atoms with Crippen LogP contribution in [-0.2, 0) is 13.0 Å². The summed E-state index contributed by atoms with van der Waals surface area (Å²) in [5.74, 6) is 1.92. The van der Waals surface area contributed by atoms with Gasteiger partial charge in [-0.1, -0.05) is 30.3 Å². The summed E-state index contributed by atoms with van der Waals surface area (Å²) in [4.78, 5) is 11.9. The Bertz CT molecular complexity index is 745. The molecule has 1 aliphatic heterocycles. The van der Waals surface area contributed by atoms with Crippen molar-refractivity contribution in [3.8, 4) is 11.5 Å². The summed E-state index contributed by atoms with van der Waals surface area (Å²) in [7, 11) is 0. The van der Waals surface area contributed by atoms with E-state index >= 15 is 0 Å². The molecule has 0 bridgehead atoms. The van der Waals surface area contributed by atoms with E-state index in [0.29, 0.717) is 19.0 Å². The van der Waals surface area contributed by atoms with Crippen molar-refractivity contribution in [3.63, 3.8) is 0 Å². The summed E-state index contributed by atoms with van der Waals surface area (Å²) in [6.45, 7) is 1.39. The van der Waals surface area contributed by atoms with Crippen LogP contribution in [0.5, 0.6) is 11.5 Å². The minimum atomic E-state index is -0.146. The zero-order valence-electron chi connectivity index (χ0n) is 12.7. The molecule has 5 heteroatoms. The number of hydrogen-bond donors (Lipinski definition) is 2. The molecule has 0 saturated carbocycles. The fourth-order valence-corrected chi connectivity index (χ4v) is 3.06. The van der Waals surface area contributed by atoms with Crippen molar-refractivity contribution >= 4 is 6.03 Å². The number of hydrogen-bond acceptors (Lipinski definition) is 3. The van der Waals surface area contributed by atoms with E-state index in [9.17, 15) is 4.79 Å². The summed E-state index contributed by atoms with van der Waals surface area (Å²) < 4.78 is 10.6. The number of benzene rings is 2. The van der Waals surface area contributed by atoms with Crippen LogP contribution >= 0.6 is 0 Å². The van der Waals surface area contributed by atoms with Gasteiger partial charge in [0.05, 0.1) is 0 Å². The van der Waals surface area contributed by atoms with Crippen LogP contribution in [0.25, 0.3) is 0 Å². The van der Waals surface area contributed by atoms with Gasteiger partial charge in [-0.2, -0.15) is 0 Å². The fraction of sp³-hybridized carbons (Fsp3) is 0.278. The lowest BCUT2D eigenvalue weighted by molar-refractivity contribution is 0.174. The first-order chi connectivity index (χ1) is 11.3. The minimum Gasteiger partial charge on any atom is -0.454 e. The van der Waals surface area contributed by atoms with Crippen LogP contribution in [0.2, 0.25) is 0 Å². The van der Waals surface area contributed by atoms with E-state index in [4.69, 9.17) is 9.47 Å². The third kappa shape index (κ3) is 2.82. The summed E-state index contributed by atoms with van der Waals surface area (Å²) in [5.41, 5.74) is 3.72. The molecule has 118 valence electrons. The Kier molecular flexibility index (Phi) is 3.54. The zero-order chi connectivity index (χ0) is 15.6. The molecule has 1 atom stereocenters. The lowest BCUT2D eigenvalue weighted by Crippen LogP contribution is -2.39. The number of nitrogens with one attached hydrogen (secondary N) is 2. The number of amides is 2. The van der Waals surface area contributed by atoms with E-state index in [-0.39, 0.29) is 12.8 Å². The van der Waals surface area contributed by atoms with E-state index in [0.717, 1.165) is 23.5 Å². The van der Waals surface area contributed by atoms with E-state index in [1.165, 1.54) is 11.1 Å². The summed E-state index contributed by atoms with van der Waals surface area (Å²) in [6, 6.07) is 13.9. The maximum Gasteiger partial charge on any atom is 0.315 e. The first-order valence-electron chi connectivity index (χ1n) is 7.77. The minimum absolute atomic E-state index is 0.146. The molecule has 2 aromatic carbocycles. The Hall–Kier alpha value is -2.69. The standard InChI is InChI=1S/C18H18N2O3/c21-18(20-10-14-8-13-3-1-2-4-15(13)14)19-9-12-5-6-16-17(7-12)23-11-22-16/h1-7,14H,8-11H2,(H2,19,20,21). The lowest BCUT2D eigenvalue weighted by atomic mass is 9.78. The maximum atomic E-state index is 11.9. The molecule has 5 nitrogen and oxygen atoms in total. The smallest absolute Gasteiger partial charge is 0.315 e. The van der Waals surface area contributed by atoms with E-state index < -0.39 is 0 Å². The number of rotatable bonds is 4. The van der Waals surface area contributed by atoms with Crippen molar-refractivity contribution in [1.29, 1.82) is 0 Å². The van der Waals surface area contributed by atoms with Crippen LogP contribution in [0.4, 0.5) is 4.79 Å². The highest BCUT2D eigenvalue weighted by Gasteiger charge is 2.25. The van der Waals surface area contributed by atoms with Crippen LogP contribution in [0.1, 0.15) is 22.6 Å². The van der Waals surface area contributed by atoms with Gasteiger partial charge in [0.25, 0.3) is 0 Å². The molecule has 0 spiro atoms. The second kappa shape index (κ2) is 5.83. The van der Waals surface area contributed by atoms with Crippen molar-refractivity contribution in [2.24, 2.45) is 0 Å². The molecule has 0 saturated heterocycles. The number of carbonyl (C=O) groups is 1. The molecule has 23 heavy (non-hydrogen) atoms. The SMILES string of the molecule is O=C(NCc1ccc2c(c1)OCO2)NCC1Cc2ccccc21. The Morgan fingerprint density at radius 1 is 1.09 bits per heavy atom. The zero-order valence-corrected chi connectivity index (χ0v) is 12.7. The maximum absolute atomic E-state index is 11.9. The highest BCUT2D eigenvalue weighted by molar-refractivity contribution is 5.74. The number of urea groups is 1. The van der Waals surface area contributed by atoms with Crippen LogP contribution in [0, 0.1) is 0 Å². The van der Waals surface area contributed by atoms with Gasteiger partial charge < -0.3 is 20.1 Å². The quantitative estimate of drug-likeness (QED) is 0.912. The third-order valence-electron chi connectivity index (χ3n) is 4.36. The molecule has 1 unspecified atom stereocenters. The Morgan fingerprint density at radius 2 is 1.96 bits per heavy atom. The highest BCUT2D eigenvalue weighted by Crippen LogP contribution is 2.34. The van der Waals surface area contributed by atoms with Crippen LogP contribution in [0.15, 0.2) is 42.5 Å². The van der Waals surface area contributed by atoms with Crippen LogP contribution in [-0.4, -0.2) is 19.4 Å². The number of ether oxygens (including phenoxy) is 2. The monoisotopic (exact) mass is 310 g/mol. The van der Waals surface area contributed by atoms with Gasteiger partial charge in [-0.05, 0) is 35.2 Å². The van der Waals surface area contributed by atoms with Gasteiger partial charge in [0.1, 0.15) is 0 Å². The van der Waals surface area contributed by atoms with Crippen LogP contribution in [0.3, 0.4) is 0 Å². The van der Waals surface area contributed by atoms with Gasteiger partial charge in [0.2, 0.25) is 6.79 Å². The molecule has 1 heterocycles. The van der Waals surface area contributed by atoms with Gasteiger partial charge in [-0.3, -0.25) is 0 Å². The molecule has 1 aliphatic carbocycles. The molecule has 2 aromatic rings. The molecule has 2 amide bonds. The van der Waals surface area contributed by atoms with Crippen molar-refractivity contribution in [3.05, 3.63) is 59.2 Å². The lowest BCUT2D eigenvalue weighted by Gasteiger charge is -2.30. The van der Waals surface area contributed by atoms with Crippen molar-refractivity contribution in [1.82, 2.24) is 10.6 Å². The highest BCUT2D eigenvalue weighted by atomic mass is 16.7. The molecule has 2 aliphatic rings.